The monoisotopic (exact) mass is 432 g/mol. The van der Waals surface area contributed by atoms with Gasteiger partial charge in [-0.3, -0.25) is 9.48 Å². The largest absolute Gasteiger partial charge is 0.393 e. The summed E-state index contributed by atoms with van der Waals surface area (Å²) in [5.74, 6) is 3.40. The minimum absolute atomic E-state index is 0.0824. The number of carbonyl (C=O) groups is 1. The van der Waals surface area contributed by atoms with Crippen molar-refractivity contribution >= 4 is 17.4 Å². The number of fused-ring (bicyclic) bond motifs is 5. The maximum atomic E-state index is 13.4. The molecule has 0 radical (unpaired) electrons. The molecule has 1 aromatic heterocycles. The Kier molecular flexibility index (Phi) is 5.33. The van der Waals surface area contributed by atoms with Gasteiger partial charge in [-0.2, -0.15) is 5.10 Å². The summed E-state index contributed by atoms with van der Waals surface area (Å²) < 4.78 is 1.71. The van der Waals surface area contributed by atoms with Crippen LogP contribution in [0.15, 0.2) is 12.4 Å². The Bertz CT molecular complexity index is 809. The average molecular weight is 433 g/mol. The number of halogens is 1. The molecule has 4 fully saturated rings. The molecule has 4 nitrogen and oxygen atoms in total. The lowest BCUT2D eigenvalue weighted by molar-refractivity contribution is -0.160. The van der Waals surface area contributed by atoms with E-state index in [2.05, 4.69) is 18.9 Å². The predicted octanol–water partition coefficient (Wildman–Crippen LogP) is 5.52. The van der Waals surface area contributed by atoms with Gasteiger partial charge in [-0.1, -0.05) is 31.9 Å². The molecule has 4 aliphatic carbocycles. The standard InChI is InChI=1S/C25H37ClN2O2/c1-24-10-8-18(29)12-16(24)6-7-19-20-4-3-5-22(25(20,2)11-9-21(19)24)23(30)15-28-14-17(26)13-27-28/h13-14,16,18-22,29H,3-12,15H2,1-2H3/t16-,18+,19-,20-,21-,22+,24-,25-/m0/s1. The number of aliphatic hydroxyl groups is 1. The summed E-state index contributed by atoms with van der Waals surface area (Å²) in [6.07, 6.45) is 15.0. The van der Waals surface area contributed by atoms with E-state index in [0.717, 1.165) is 31.1 Å². The number of Topliss-reactive ketones (excluding diaryl/α,β-unsaturated/α-hetero) is 1. The molecule has 1 heterocycles. The second-order valence-electron chi connectivity index (χ2n) is 11.4. The van der Waals surface area contributed by atoms with Crippen LogP contribution in [-0.2, 0) is 11.3 Å². The van der Waals surface area contributed by atoms with Gasteiger partial charge in [0.1, 0.15) is 0 Å². The first-order valence-electron chi connectivity index (χ1n) is 12.2. The lowest BCUT2D eigenvalue weighted by atomic mass is 9.41. The highest BCUT2D eigenvalue weighted by molar-refractivity contribution is 6.30. The third-order valence-corrected chi connectivity index (χ3v) is 10.4. The average Bonchev–Trinajstić information content (AvgIpc) is 3.11. The highest BCUT2D eigenvalue weighted by atomic mass is 35.5. The number of rotatable bonds is 3. The van der Waals surface area contributed by atoms with Gasteiger partial charge in [0, 0.05) is 12.1 Å². The Balaban J connectivity index is 1.37. The van der Waals surface area contributed by atoms with Gasteiger partial charge in [-0.15, -0.1) is 0 Å². The Labute approximate surface area is 185 Å². The molecule has 1 N–H and O–H groups in total. The molecule has 0 bridgehead atoms. The predicted molar refractivity (Wildman–Crippen MR) is 118 cm³/mol. The van der Waals surface area contributed by atoms with Crippen molar-refractivity contribution < 1.29 is 9.90 Å². The van der Waals surface area contributed by atoms with Gasteiger partial charge in [0.05, 0.1) is 23.9 Å². The number of nitrogens with zero attached hydrogens (tertiary/aromatic N) is 2. The summed E-state index contributed by atoms with van der Waals surface area (Å²) in [6.45, 7) is 5.33. The first-order valence-corrected chi connectivity index (χ1v) is 12.6. The van der Waals surface area contributed by atoms with Gasteiger partial charge in [0.25, 0.3) is 0 Å². The molecule has 0 saturated heterocycles. The van der Waals surface area contributed by atoms with E-state index in [1.165, 1.54) is 44.9 Å². The normalized spacial score (nSPS) is 45.9. The van der Waals surface area contributed by atoms with Crippen LogP contribution < -0.4 is 0 Å². The SMILES string of the molecule is C[C@]12CC[C@@H](O)C[C@@H]1CC[C@@H]1[C@@H]2CC[C@]2(C)[C@@H](C(=O)Cn3cc(Cl)cn3)CCC[C@@H]12. The van der Waals surface area contributed by atoms with Crippen molar-refractivity contribution in [2.45, 2.75) is 90.7 Å². The fourth-order valence-electron chi connectivity index (χ4n) is 8.65. The van der Waals surface area contributed by atoms with Crippen molar-refractivity contribution in [3.8, 4) is 0 Å². The van der Waals surface area contributed by atoms with E-state index in [9.17, 15) is 9.90 Å². The number of carbonyl (C=O) groups excluding carboxylic acids is 1. The quantitative estimate of drug-likeness (QED) is 0.684. The Morgan fingerprint density at radius 2 is 1.90 bits per heavy atom. The van der Waals surface area contributed by atoms with Crippen LogP contribution in [0.3, 0.4) is 0 Å². The first kappa shape index (κ1) is 21.0. The Morgan fingerprint density at radius 1 is 1.13 bits per heavy atom. The summed E-state index contributed by atoms with van der Waals surface area (Å²) in [5, 5.41) is 15.1. The summed E-state index contributed by atoms with van der Waals surface area (Å²) in [5.41, 5.74) is 0.525. The number of ketones is 1. The fourth-order valence-corrected chi connectivity index (χ4v) is 8.81. The maximum absolute atomic E-state index is 13.4. The summed E-state index contributed by atoms with van der Waals surface area (Å²) in [7, 11) is 0. The zero-order chi connectivity index (χ0) is 21.1. The van der Waals surface area contributed by atoms with E-state index >= 15 is 0 Å². The first-order chi connectivity index (χ1) is 14.3. The lowest BCUT2D eigenvalue weighted by Crippen LogP contribution is -2.57. The van der Waals surface area contributed by atoms with Crippen LogP contribution in [0, 0.1) is 40.4 Å². The number of aliphatic hydroxyl groups excluding tert-OH is 1. The van der Waals surface area contributed by atoms with Crippen LogP contribution in [0.4, 0.5) is 0 Å². The summed E-state index contributed by atoms with van der Waals surface area (Å²) >= 11 is 6.01. The zero-order valence-corrected chi connectivity index (χ0v) is 19.3. The minimum atomic E-state index is -0.0824. The number of hydrogen-bond donors (Lipinski definition) is 1. The Morgan fingerprint density at radius 3 is 2.67 bits per heavy atom. The van der Waals surface area contributed by atoms with E-state index < -0.39 is 0 Å². The fraction of sp³-hybridized carbons (Fsp3) is 0.840. The molecule has 0 unspecified atom stereocenters. The zero-order valence-electron chi connectivity index (χ0n) is 18.5. The van der Waals surface area contributed by atoms with Gasteiger partial charge in [0.2, 0.25) is 0 Å². The van der Waals surface area contributed by atoms with Crippen molar-refractivity contribution in [3.63, 3.8) is 0 Å². The molecular weight excluding hydrogens is 396 g/mol. The molecule has 1 aromatic rings. The molecule has 4 aliphatic rings. The van der Waals surface area contributed by atoms with E-state index in [-0.39, 0.29) is 17.4 Å². The van der Waals surface area contributed by atoms with Crippen LogP contribution in [0.25, 0.3) is 0 Å². The van der Waals surface area contributed by atoms with Crippen LogP contribution >= 0.6 is 11.6 Å². The van der Waals surface area contributed by atoms with Crippen LogP contribution in [0.2, 0.25) is 5.02 Å². The minimum Gasteiger partial charge on any atom is -0.393 e. The smallest absolute Gasteiger partial charge is 0.157 e. The van der Waals surface area contributed by atoms with Crippen molar-refractivity contribution in [2.75, 3.05) is 0 Å². The van der Waals surface area contributed by atoms with Gasteiger partial charge < -0.3 is 5.11 Å². The molecular formula is C25H37ClN2O2. The number of hydrogen-bond acceptors (Lipinski definition) is 3. The third kappa shape index (κ3) is 3.28. The highest BCUT2D eigenvalue weighted by Gasteiger charge is 2.59. The van der Waals surface area contributed by atoms with Crippen molar-refractivity contribution in [1.29, 1.82) is 0 Å². The molecule has 0 aliphatic heterocycles. The molecule has 0 aromatic carbocycles. The molecule has 30 heavy (non-hydrogen) atoms. The highest BCUT2D eigenvalue weighted by Crippen LogP contribution is 2.66. The molecule has 5 rings (SSSR count). The van der Waals surface area contributed by atoms with E-state index in [0.29, 0.717) is 34.6 Å². The van der Waals surface area contributed by atoms with Gasteiger partial charge in [-0.05, 0) is 92.3 Å². The summed E-state index contributed by atoms with van der Waals surface area (Å²) in [4.78, 5) is 13.4. The maximum Gasteiger partial charge on any atom is 0.157 e. The number of aromatic nitrogens is 2. The van der Waals surface area contributed by atoms with Crippen molar-refractivity contribution in [3.05, 3.63) is 17.4 Å². The second-order valence-corrected chi connectivity index (χ2v) is 11.9. The molecule has 0 spiro atoms. The molecule has 4 saturated carbocycles. The second kappa shape index (κ2) is 7.62. The van der Waals surface area contributed by atoms with Gasteiger partial charge >= 0.3 is 0 Å². The van der Waals surface area contributed by atoms with Gasteiger partial charge in [-0.25, -0.2) is 0 Å². The Hall–Kier alpha value is -0.870. The molecule has 166 valence electrons. The molecule has 0 amide bonds. The van der Waals surface area contributed by atoms with Crippen LogP contribution in [0.5, 0.6) is 0 Å². The molecule has 8 atom stereocenters. The topological polar surface area (TPSA) is 55.1 Å². The molecule has 5 heteroatoms. The van der Waals surface area contributed by atoms with E-state index in [1.807, 2.05) is 0 Å². The van der Waals surface area contributed by atoms with E-state index in [1.54, 1.807) is 17.1 Å². The van der Waals surface area contributed by atoms with E-state index in [4.69, 9.17) is 11.6 Å². The van der Waals surface area contributed by atoms with Crippen molar-refractivity contribution in [1.82, 2.24) is 9.78 Å². The van der Waals surface area contributed by atoms with Gasteiger partial charge in [0.15, 0.2) is 5.78 Å². The van der Waals surface area contributed by atoms with Crippen molar-refractivity contribution in [2.24, 2.45) is 40.4 Å². The van der Waals surface area contributed by atoms with Crippen LogP contribution in [0.1, 0.15) is 78.1 Å². The lowest BCUT2D eigenvalue weighted by Gasteiger charge is -2.63. The van der Waals surface area contributed by atoms with Crippen LogP contribution in [-0.4, -0.2) is 26.8 Å². The summed E-state index contributed by atoms with van der Waals surface area (Å²) in [6, 6.07) is 0. The third-order valence-electron chi connectivity index (χ3n) is 10.2.